The predicted octanol–water partition coefficient (Wildman–Crippen LogP) is 0.662. The van der Waals surface area contributed by atoms with E-state index < -0.39 is 0 Å². The van der Waals surface area contributed by atoms with Crippen LogP contribution >= 0.6 is 0 Å². The van der Waals surface area contributed by atoms with E-state index in [1.807, 2.05) is 6.20 Å². The lowest BCUT2D eigenvalue weighted by Gasteiger charge is -1.96. The molecule has 1 heterocycles. The largest absolute Gasteiger partial charge is 0.347 e. The number of nitrogens with zero attached hydrogens (tertiary/aromatic N) is 1. The molecule has 0 atom stereocenters. The van der Waals surface area contributed by atoms with Gasteiger partial charge in [0.1, 0.15) is 0 Å². The Hall–Kier alpha value is -0.830. The van der Waals surface area contributed by atoms with Crippen LogP contribution in [-0.4, -0.2) is 16.0 Å². The van der Waals surface area contributed by atoms with Crippen LogP contribution in [0.4, 0.5) is 0 Å². The number of aromatic nitrogens is 2. The van der Waals surface area contributed by atoms with Crippen molar-refractivity contribution in [3.05, 3.63) is 18.2 Å². The molecule has 0 aliphatic heterocycles. The summed E-state index contributed by atoms with van der Waals surface area (Å²) in [5.41, 5.74) is 1.17. The molecule has 2 N–H and O–H groups in total. The average Bonchev–Trinajstić information content (AvgIpc) is 2.63. The van der Waals surface area contributed by atoms with Crippen molar-refractivity contribution in [1.82, 2.24) is 15.3 Å². The second-order valence-electron chi connectivity index (χ2n) is 2.73. The third-order valence-electron chi connectivity index (χ3n) is 1.71. The SMILES string of the molecule is c1ncc(CNC2CC2)[nH]1. The van der Waals surface area contributed by atoms with Gasteiger partial charge in [-0.25, -0.2) is 4.98 Å². The van der Waals surface area contributed by atoms with Gasteiger partial charge in [0.15, 0.2) is 0 Å². The first-order chi connectivity index (χ1) is 4.95. The van der Waals surface area contributed by atoms with Gasteiger partial charge in [-0.1, -0.05) is 0 Å². The topological polar surface area (TPSA) is 40.7 Å². The first-order valence-electron chi connectivity index (χ1n) is 3.66. The monoisotopic (exact) mass is 137 g/mol. The van der Waals surface area contributed by atoms with Gasteiger partial charge in [0, 0.05) is 24.5 Å². The standard InChI is InChI=1S/C7H11N3/c1-2-6(1)9-4-7-3-8-5-10-7/h3,5-6,9H,1-2,4H2,(H,8,10). The van der Waals surface area contributed by atoms with E-state index in [1.54, 1.807) is 6.33 Å². The number of hydrogen-bond acceptors (Lipinski definition) is 2. The summed E-state index contributed by atoms with van der Waals surface area (Å²) in [4.78, 5) is 6.97. The molecular weight excluding hydrogens is 126 g/mol. The smallest absolute Gasteiger partial charge is 0.0922 e. The zero-order chi connectivity index (χ0) is 6.81. The van der Waals surface area contributed by atoms with Gasteiger partial charge in [-0.3, -0.25) is 0 Å². The van der Waals surface area contributed by atoms with Crippen molar-refractivity contribution < 1.29 is 0 Å². The summed E-state index contributed by atoms with van der Waals surface area (Å²) < 4.78 is 0. The molecule has 1 aromatic rings. The average molecular weight is 137 g/mol. The fraction of sp³-hybridized carbons (Fsp3) is 0.571. The molecule has 0 bridgehead atoms. The van der Waals surface area contributed by atoms with Gasteiger partial charge in [-0.05, 0) is 12.8 Å². The summed E-state index contributed by atoms with van der Waals surface area (Å²) in [5, 5.41) is 3.39. The summed E-state index contributed by atoms with van der Waals surface area (Å²) in [6.45, 7) is 0.935. The van der Waals surface area contributed by atoms with Crippen molar-refractivity contribution >= 4 is 0 Å². The first kappa shape index (κ1) is 5.92. The maximum absolute atomic E-state index is 3.92. The van der Waals surface area contributed by atoms with E-state index in [1.165, 1.54) is 18.5 Å². The minimum Gasteiger partial charge on any atom is -0.347 e. The molecule has 1 aliphatic carbocycles. The molecule has 1 fully saturated rings. The second-order valence-corrected chi connectivity index (χ2v) is 2.73. The lowest BCUT2D eigenvalue weighted by Crippen LogP contribution is -2.15. The van der Waals surface area contributed by atoms with Crippen LogP contribution in [0.1, 0.15) is 18.5 Å². The van der Waals surface area contributed by atoms with Crippen molar-refractivity contribution in [2.45, 2.75) is 25.4 Å². The Labute approximate surface area is 59.9 Å². The fourth-order valence-electron chi connectivity index (χ4n) is 0.923. The fourth-order valence-corrected chi connectivity index (χ4v) is 0.923. The van der Waals surface area contributed by atoms with Gasteiger partial charge < -0.3 is 10.3 Å². The third kappa shape index (κ3) is 1.36. The number of nitrogens with one attached hydrogen (secondary N) is 2. The molecular formula is C7H11N3. The predicted molar refractivity (Wildman–Crippen MR) is 38.4 cm³/mol. The van der Waals surface area contributed by atoms with Crippen LogP contribution in [0.15, 0.2) is 12.5 Å². The van der Waals surface area contributed by atoms with E-state index in [4.69, 9.17) is 0 Å². The van der Waals surface area contributed by atoms with Crippen LogP contribution in [-0.2, 0) is 6.54 Å². The number of rotatable bonds is 3. The van der Waals surface area contributed by atoms with Gasteiger partial charge in [0.2, 0.25) is 0 Å². The number of hydrogen-bond donors (Lipinski definition) is 2. The normalized spacial score (nSPS) is 17.6. The van der Waals surface area contributed by atoms with Crippen LogP contribution in [0, 0.1) is 0 Å². The molecule has 3 heteroatoms. The zero-order valence-electron chi connectivity index (χ0n) is 5.80. The molecule has 0 saturated heterocycles. The highest BCUT2D eigenvalue weighted by molar-refractivity contribution is 4.95. The van der Waals surface area contributed by atoms with E-state index in [9.17, 15) is 0 Å². The Kier molecular flexibility index (Phi) is 1.43. The Balaban J connectivity index is 1.79. The summed E-state index contributed by atoms with van der Waals surface area (Å²) in [6, 6.07) is 0.781. The minimum absolute atomic E-state index is 0.781. The maximum atomic E-state index is 3.92. The van der Waals surface area contributed by atoms with Crippen LogP contribution in [0.2, 0.25) is 0 Å². The van der Waals surface area contributed by atoms with Crippen LogP contribution in [0.25, 0.3) is 0 Å². The summed E-state index contributed by atoms with van der Waals surface area (Å²) in [6.07, 6.45) is 6.25. The molecule has 1 aromatic heterocycles. The first-order valence-corrected chi connectivity index (χ1v) is 3.66. The Morgan fingerprint density at radius 1 is 1.70 bits per heavy atom. The highest BCUT2D eigenvalue weighted by atomic mass is 15.0. The maximum Gasteiger partial charge on any atom is 0.0922 e. The Bertz CT molecular complexity index is 189. The molecule has 54 valence electrons. The van der Waals surface area contributed by atoms with Crippen molar-refractivity contribution in [3.8, 4) is 0 Å². The lowest BCUT2D eigenvalue weighted by atomic mass is 10.4. The molecule has 0 unspecified atom stereocenters. The molecule has 0 aromatic carbocycles. The summed E-state index contributed by atoms with van der Waals surface area (Å²) in [5.74, 6) is 0. The number of imidazole rings is 1. The van der Waals surface area contributed by atoms with Crippen molar-refractivity contribution in [3.63, 3.8) is 0 Å². The van der Waals surface area contributed by atoms with Crippen molar-refractivity contribution in [2.24, 2.45) is 0 Å². The summed E-state index contributed by atoms with van der Waals surface area (Å²) in [7, 11) is 0. The molecule has 1 aliphatic rings. The Morgan fingerprint density at radius 3 is 3.20 bits per heavy atom. The number of aromatic amines is 1. The number of H-pyrrole nitrogens is 1. The zero-order valence-corrected chi connectivity index (χ0v) is 5.80. The Morgan fingerprint density at radius 2 is 2.60 bits per heavy atom. The molecule has 2 rings (SSSR count). The minimum atomic E-state index is 0.781. The van der Waals surface area contributed by atoms with Gasteiger partial charge in [-0.15, -0.1) is 0 Å². The van der Waals surface area contributed by atoms with Gasteiger partial charge in [0.25, 0.3) is 0 Å². The van der Waals surface area contributed by atoms with E-state index in [0.717, 1.165) is 12.6 Å². The molecule has 1 saturated carbocycles. The van der Waals surface area contributed by atoms with Crippen LogP contribution in [0.3, 0.4) is 0 Å². The highest BCUT2D eigenvalue weighted by Gasteiger charge is 2.19. The third-order valence-corrected chi connectivity index (χ3v) is 1.71. The van der Waals surface area contributed by atoms with E-state index >= 15 is 0 Å². The molecule has 3 nitrogen and oxygen atoms in total. The molecule has 0 radical (unpaired) electrons. The van der Waals surface area contributed by atoms with E-state index in [0.29, 0.717) is 0 Å². The van der Waals surface area contributed by atoms with Gasteiger partial charge >= 0.3 is 0 Å². The van der Waals surface area contributed by atoms with E-state index in [-0.39, 0.29) is 0 Å². The van der Waals surface area contributed by atoms with E-state index in [2.05, 4.69) is 15.3 Å². The van der Waals surface area contributed by atoms with Gasteiger partial charge in [-0.2, -0.15) is 0 Å². The quantitative estimate of drug-likeness (QED) is 0.642. The van der Waals surface area contributed by atoms with Crippen molar-refractivity contribution in [1.29, 1.82) is 0 Å². The lowest BCUT2D eigenvalue weighted by molar-refractivity contribution is 0.677. The second kappa shape index (κ2) is 2.42. The molecule has 0 spiro atoms. The molecule has 0 amide bonds. The van der Waals surface area contributed by atoms with Crippen LogP contribution in [0.5, 0.6) is 0 Å². The highest BCUT2D eigenvalue weighted by Crippen LogP contribution is 2.18. The van der Waals surface area contributed by atoms with Gasteiger partial charge in [0.05, 0.1) is 6.33 Å². The van der Waals surface area contributed by atoms with Crippen molar-refractivity contribution in [2.75, 3.05) is 0 Å². The van der Waals surface area contributed by atoms with Crippen LogP contribution < -0.4 is 5.32 Å². The summed E-state index contributed by atoms with van der Waals surface area (Å²) >= 11 is 0. The molecule has 10 heavy (non-hydrogen) atoms.